The van der Waals surface area contributed by atoms with E-state index < -0.39 is 19.9 Å². The topological polar surface area (TPSA) is 97.5 Å². The molecule has 1 saturated heterocycles. The van der Waals surface area contributed by atoms with Crippen LogP contribution in [0.4, 0.5) is 0 Å². The number of nitrogens with zero attached hydrogens (tertiary/aromatic N) is 1. The average molecular weight is 393 g/mol. The zero-order valence-corrected chi connectivity index (χ0v) is 15.7. The highest BCUT2D eigenvalue weighted by Crippen LogP contribution is 2.33. The Balaban J connectivity index is 1.66. The van der Waals surface area contributed by atoms with Gasteiger partial charge in [0, 0.05) is 25.0 Å². The monoisotopic (exact) mass is 392 g/mol. The molecular formula is C18H20N2O4S2. The fraction of sp³-hybridized carbons (Fsp3) is 0.333. The van der Waals surface area contributed by atoms with Crippen LogP contribution in [0.3, 0.4) is 0 Å². The number of hydrogen-bond donors (Lipinski definition) is 1. The van der Waals surface area contributed by atoms with E-state index in [4.69, 9.17) is 5.73 Å². The molecule has 138 valence electrons. The van der Waals surface area contributed by atoms with E-state index in [1.54, 1.807) is 6.07 Å². The minimum absolute atomic E-state index is 0.0163. The van der Waals surface area contributed by atoms with Gasteiger partial charge in [0.05, 0.1) is 15.5 Å². The molecule has 26 heavy (non-hydrogen) atoms. The SMILES string of the molecule is N[C@@H]1CN(S(=O)(=O)c2ccc3c(c2)S(=O)(=O)CC3)C[C@H]1c1ccccc1. The number of sulfonamides is 1. The molecule has 2 atom stereocenters. The van der Waals surface area contributed by atoms with E-state index in [0.29, 0.717) is 12.0 Å². The van der Waals surface area contributed by atoms with Crippen LogP contribution in [0.1, 0.15) is 17.0 Å². The summed E-state index contributed by atoms with van der Waals surface area (Å²) in [5.41, 5.74) is 7.90. The molecule has 2 aliphatic heterocycles. The Hall–Kier alpha value is -1.74. The summed E-state index contributed by atoms with van der Waals surface area (Å²) in [7, 11) is -7.18. The van der Waals surface area contributed by atoms with Gasteiger partial charge < -0.3 is 5.73 Å². The highest BCUT2D eigenvalue weighted by molar-refractivity contribution is 7.92. The van der Waals surface area contributed by atoms with Crippen LogP contribution in [0, 0.1) is 0 Å². The molecule has 1 fully saturated rings. The Bertz CT molecular complexity index is 1050. The molecule has 0 bridgehead atoms. The summed E-state index contributed by atoms with van der Waals surface area (Å²) in [4.78, 5) is 0.157. The summed E-state index contributed by atoms with van der Waals surface area (Å²) in [6.07, 6.45) is 0.433. The highest BCUT2D eigenvalue weighted by atomic mass is 32.2. The van der Waals surface area contributed by atoms with Gasteiger partial charge in [-0.15, -0.1) is 0 Å². The van der Waals surface area contributed by atoms with E-state index >= 15 is 0 Å². The van der Waals surface area contributed by atoms with Crippen LogP contribution in [0.25, 0.3) is 0 Å². The number of rotatable bonds is 3. The summed E-state index contributed by atoms with van der Waals surface area (Å²) in [6, 6.07) is 13.7. The van der Waals surface area contributed by atoms with Crippen LogP contribution in [0.15, 0.2) is 58.3 Å². The maximum atomic E-state index is 13.0. The van der Waals surface area contributed by atoms with Crippen LogP contribution in [-0.2, 0) is 26.3 Å². The molecular weight excluding hydrogens is 372 g/mol. The summed E-state index contributed by atoms with van der Waals surface area (Å²) in [6.45, 7) is 0.503. The molecule has 0 saturated carbocycles. The minimum Gasteiger partial charge on any atom is -0.326 e. The van der Waals surface area contributed by atoms with Gasteiger partial charge in [0.2, 0.25) is 10.0 Å². The average Bonchev–Trinajstić information content (AvgIpc) is 3.16. The van der Waals surface area contributed by atoms with Crippen molar-refractivity contribution in [3.63, 3.8) is 0 Å². The lowest BCUT2D eigenvalue weighted by molar-refractivity contribution is 0.470. The molecule has 0 radical (unpaired) electrons. The molecule has 2 heterocycles. The molecule has 0 unspecified atom stereocenters. The Morgan fingerprint density at radius 3 is 2.50 bits per heavy atom. The van der Waals surface area contributed by atoms with Gasteiger partial charge in [0.1, 0.15) is 0 Å². The van der Waals surface area contributed by atoms with Crippen molar-refractivity contribution in [2.24, 2.45) is 5.73 Å². The fourth-order valence-corrected chi connectivity index (χ4v) is 6.92. The normalized spacial score (nSPS) is 25.3. The Kier molecular flexibility index (Phi) is 4.18. The zero-order valence-electron chi connectivity index (χ0n) is 14.1. The third-order valence-corrected chi connectivity index (χ3v) is 8.83. The second-order valence-corrected chi connectivity index (χ2v) is 10.9. The lowest BCUT2D eigenvalue weighted by atomic mass is 9.95. The van der Waals surface area contributed by atoms with E-state index in [9.17, 15) is 16.8 Å². The van der Waals surface area contributed by atoms with Crippen molar-refractivity contribution in [1.82, 2.24) is 4.31 Å². The van der Waals surface area contributed by atoms with Gasteiger partial charge in [0.15, 0.2) is 9.84 Å². The van der Waals surface area contributed by atoms with E-state index in [1.807, 2.05) is 30.3 Å². The molecule has 2 N–H and O–H groups in total. The van der Waals surface area contributed by atoms with Crippen molar-refractivity contribution < 1.29 is 16.8 Å². The molecule has 0 aliphatic carbocycles. The molecule has 2 aromatic carbocycles. The summed E-state index contributed by atoms with van der Waals surface area (Å²) >= 11 is 0. The maximum Gasteiger partial charge on any atom is 0.243 e. The van der Waals surface area contributed by atoms with Gasteiger partial charge in [-0.25, -0.2) is 16.8 Å². The molecule has 0 aromatic heterocycles. The van der Waals surface area contributed by atoms with E-state index in [0.717, 1.165) is 5.56 Å². The smallest absolute Gasteiger partial charge is 0.243 e. The van der Waals surface area contributed by atoms with Crippen molar-refractivity contribution in [3.8, 4) is 0 Å². The summed E-state index contributed by atoms with van der Waals surface area (Å²) in [5.74, 6) is -0.0413. The Morgan fingerprint density at radius 1 is 1.04 bits per heavy atom. The van der Waals surface area contributed by atoms with Gasteiger partial charge in [-0.05, 0) is 29.7 Å². The Labute approximate surface area is 153 Å². The van der Waals surface area contributed by atoms with Gasteiger partial charge >= 0.3 is 0 Å². The standard InChI is InChI=1S/C18H20N2O4S2/c19-17-12-20(11-16(17)13-4-2-1-3-5-13)26(23,24)15-7-6-14-8-9-25(21,22)18(14)10-15/h1-7,10,16-17H,8-9,11-12,19H2/t16-,17+/m0/s1. The first-order chi connectivity index (χ1) is 12.3. The van der Waals surface area contributed by atoms with Gasteiger partial charge in [0.25, 0.3) is 0 Å². The van der Waals surface area contributed by atoms with Crippen LogP contribution >= 0.6 is 0 Å². The van der Waals surface area contributed by atoms with E-state index in [1.165, 1.54) is 16.4 Å². The molecule has 4 rings (SSSR count). The zero-order chi connectivity index (χ0) is 18.5. The number of sulfone groups is 1. The largest absolute Gasteiger partial charge is 0.326 e. The number of aryl methyl sites for hydroxylation is 1. The van der Waals surface area contributed by atoms with Gasteiger partial charge in [-0.3, -0.25) is 0 Å². The molecule has 8 heteroatoms. The van der Waals surface area contributed by atoms with E-state index in [-0.39, 0.29) is 40.6 Å². The summed E-state index contributed by atoms with van der Waals surface area (Å²) < 4.78 is 51.7. The maximum absolute atomic E-state index is 13.0. The van der Waals surface area contributed by atoms with Crippen molar-refractivity contribution in [2.45, 2.75) is 28.2 Å². The summed E-state index contributed by atoms with van der Waals surface area (Å²) in [5, 5.41) is 0. The second kappa shape index (κ2) is 6.16. The molecule has 0 amide bonds. The third-order valence-electron chi connectivity index (χ3n) is 5.21. The molecule has 2 aliphatic rings. The van der Waals surface area contributed by atoms with Crippen LogP contribution in [0.2, 0.25) is 0 Å². The minimum atomic E-state index is -3.80. The first-order valence-corrected chi connectivity index (χ1v) is 11.5. The first-order valence-electron chi connectivity index (χ1n) is 8.45. The fourth-order valence-electron chi connectivity index (χ4n) is 3.74. The Morgan fingerprint density at radius 2 is 1.77 bits per heavy atom. The van der Waals surface area contributed by atoms with Gasteiger partial charge in [-0.1, -0.05) is 36.4 Å². The lowest BCUT2D eigenvalue weighted by Crippen LogP contribution is -2.32. The molecule has 2 aromatic rings. The predicted molar refractivity (Wildman–Crippen MR) is 98.1 cm³/mol. The molecule has 0 spiro atoms. The van der Waals surface area contributed by atoms with Crippen molar-refractivity contribution >= 4 is 19.9 Å². The van der Waals surface area contributed by atoms with Crippen LogP contribution in [0.5, 0.6) is 0 Å². The van der Waals surface area contributed by atoms with Gasteiger partial charge in [-0.2, -0.15) is 4.31 Å². The number of benzene rings is 2. The highest BCUT2D eigenvalue weighted by Gasteiger charge is 2.39. The predicted octanol–water partition coefficient (Wildman–Crippen LogP) is 1.13. The van der Waals surface area contributed by atoms with Crippen molar-refractivity contribution in [3.05, 3.63) is 59.7 Å². The lowest BCUT2D eigenvalue weighted by Gasteiger charge is -2.17. The van der Waals surface area contributed by atoms with Crippen LogP contribution < -0.4 is 5.73 Å². The first kappa shape index (κ1) is 17.7. The van der Waals surface area contributed by atoms with Crippen molar-refractivity contribution in [1.29, 1.82) is 0 Å². The van der Waals surface area contributed by atoms with E-state index in [2.05, 4.69) is 0 Å². The number of fused-ring (bicyclic) bond motifs is 1. The van der Waals surface area contributed by atoms with Crippen LogP contribution in [-0.4, -0.2) is 46.0 Å². The third kappa shape index (κ3) is 2.87. The molecule has 6 nitrogen and oxygen atoms in total. The second-order valence-electron chi connectivity index (χ2n) is 6.84. The van der Waals surface area contributed by atoms with Crippen molar-refractivity contribution in [2.75, 3.05) is 18.8 Å². The number of hydrogen-bond acceptors (Lipinski definition) is 5. The number of nitrogens with two attached hydrogens (primary N) is 1. The quantitative estimate of drug-likeness (QED) is 0.845.